The van der Waals surface area contributed by atoms with E-state index >= 15 is 0 Å². The molecule has 4 aromatic rings. The second kappa shape index (κ2) is 6.72. The Morgan fingerprint density at radius 1 is 0.688 bits per heavy atom. The van der Waals surface area contributed by atoms with E-state index in [1.54, 1.807) is 0 Å². The molecule has 2 aliphatic rings. The van der Waals surface area contributed by atoms with Gasteiger partial charge >= 0.3 is 5.97 Å². The SMILES string of the molecule is Cc1cccc(C)c1Nc1cccc2c1C(=O)OC21c2ccccc2Oc2ccccc21. The number of benzene rings is 4. The molecule has 0 unspecified atom stereocenters. The van der Waals surface area contributed by atoms with Crippen molar-refractivity contribution in [3.05, 3.63) is 118 Å². The minimum atomic E-state index is -1.05. The van der Waals surface area contributed by atoms with Gasteiger partial charge in [0.15, 0.2) is 5.60 Å². The third-order valence-corrected chi connectivity index (χ3v) is 6.39. The summed E-state index contributed by atoms with van der Waals surface area (Å²) < 4.78 is 12.5. The van der Waals surface area contributed by atoms with Crippen LogP contribution in [0.2, 0.25) is 0 Å². The highest BCUT2D eigenvalue weighted by Gasteiger charge is 2.54. The van der Waals surface area contributed by atoms with E-state index < -0.39 is 5.60 Å². The summed E-state index contributed by atoms with van der Waals surface area (Å²) in [5, 5.41) is 3.51. The van der Waals surface area contributed by atoms with Crippen molar-refractivity contribution in [1.82, 2.24) is 0 Å². The number of carbonyl (C=O) groups is 1. The van der Waals surface area contributed by atoms with Gasteiger partial charge < -0.3 is 14.8 Å². The first-order valence-electron chi connectivity index (χ1n) is 10.7. The number of hydrogen-bond acceptors (Lipinski definition) is 4. The predicted octanol–water partition coefficient (Wildman–Crippen LogP) is 6.62. The van der Waals surface area contributed by atoms with Crippen LogP contribution in [-0.4, -0.2) is 5.97 Å². The van der Waals surface area contributed by atoms with Crippen LogP contribution in [0.3, 0.4) is 0 Å². The maximum Gasteiger partial charge on any atom is 0.342 e. The van der Waals surface area contributed by atoms with E-state index in [0.717, 1.165) is 39.2 Å². The standard InChI is InChI=1S/C28H21NO3/c1-17-9-7-10-18(2)26(17)29-22-14-8-13-21-25(22)27(30)32-28(21)19-11-3-5-15-23(19)31-24-16-6-4-12-20(24)28/h3-16,29H,1-2H3. The van der Waals surface area contributed by atoms with Gasteiger partial charge in [-0.15, -0.1) is 0 Å². The quantitative estimate of drug-likeness (QED) is 0.371. The molecule has 2 heterocycles. The molecule has 0 aliphatic carbocycles. The Hall–Kier alpha value is -4.05. The Kier molecular flexibility index (Phi) is 3.93. The van der Waals surface area contributed by atoms with E-state index in [1.165, 1.54) is 0 Å². The van der Waals surface area contributed by atoms with Gasteiger partial charge in [0.25, 0.3) is 0 Å². The van der Waals surface area contributed by atoms with Gasteiger partial charge in [-0.2, -0.15) is 0 Å². The fourth-order valence-corrected chi connectivity index (χ4v) is 4.92. The highest BCUT2D eigenvalue weighted by molar-refractivity contribution is 6.03. The van der Waals surface area contributed by atoms with Crippen molar-refractivity contribution in [2.24, 2.45) is 0 Å². The molecule has 32 heavy (non-hydrogen) atoms. The zero-order chi connectivity index (χ0) is 21.9. The lowest BCUT2D eigenvalue weighted by atomic mass is 9.77. The van der Waals surface area contributed by atoms with Crippen LogP contribution in [-0.2, 0) is 10.3 Å². The minimum absolute atomic E-state index is 0.346. The molecule has 0 bridgehead atoms. The zero-order valence-electron chi connectivity index (χ0n) is 17.8. The molecule has 0 saturated carbocycles. The highest BCUT2D eigenvalue weighted by Crippen LogP contribution is 2.56. The van der Waals surface area contributed by atoms with E-state index in [-0.39, 0.29) is 5.97 Å². The van der Waals surface area contributed by atoms with Gasteiger partial charge in [0.1, 0.15) is 11.5 Å². The van der Waals surface area contributed by atoms with Crippen molar-refractivity contribution in [1.29, 1.82) is 0 Å². The zero-order valence-corrected chi connectivity index (χ0v) is 17.8. The van der Waals surface area contributed by atoms with Crippen LogP contribution in [0.15, 0.2) is 84.9 Å². The largest absolute Gasteiger partial charge is 0.456 e. The lowest BCUT2D eigenvalue weighted by Crippen LogP contribution is -2.32. The fraction of sp³-hybridized carbons (Fsp3) is 0.107. The third-order valence-electron chi connectivity index (χ3n) is 6.39. The fourth-order valence-electron chi connectivity index (χ4n) is 4.92. The second-order valence-electron chi connectivity index (χ2n) is 8.29. The van der Waals surface area contributed by atoms with Gasteiger partial charge in [-0.1, -0.05) is 66.7 Å². The normalized spacial score (nSPS) is 14.8. The molecule has 2 aliphatic heterocycles. The Bertz CT molecular complexity index is 1340. The molecular weight excluding hydrogens is 398 g/mol. The molecule has 0 atom stereocenters. The molecule has 4 nitrogen and oxygen atoms in total. The average molecular weight is 419 g/mol. The molecule has 0 aromatic heterocycles. The first-order valence-corrected chi connectivity index (χ1v) is 10.7. The number of carbonyl (C=O) groups excluding carboxylic acids is 1. The Morgan fingerprint density at radius 2 is 1.25 bits per heavy atom. The highest BCUT2D eigenvalue weighted by atomic mass is 16.6. The van der Waals surface area contributed by atoms with E-state index in [2.05, 4.69) is 31.3 Å². The van der Waals surface area contributed by atoms with Crippen LogP contribution in [0.1, 0.15) is 38.2 Å². The van der Waals surface area contributed by atoms with E-state index in [0.29, 0.717) is 17.1 Å². The Balaban J connectivity index is 1.61. The first kappa shape index (κ1) is 18.7. The number of ether oxygens (including phenoxy) is 2. The van der Waals surface area contributed by atoms with E-state index in [9.17, 15) is 4.79 Å². The van der Waals surface area contributed by atoms with Crippen molar-refractivity contribution in [3.8, 4) is 11.5 Å². The van der Waals surface area contributed by atoms with Crippen LogP contribution in [0.4, 0.5) is 11.4 Å². The Labute approximate surface area is 186 Å². The predicted molar refractivity (Wildman–Crippen MR) is 124 cm³/mol. The van der Waals surface area contributed by atoms with Gasteiger partial charge in [-0.3, -0.25) is 0 Å². The lowest BCUT2D eigenvalue weighted by molar-refractivity contribution is 0.0225. The second-order valence-corrected chi connectivity index (χ2v) is 8.29. The molecule has 0 fully saturated rings. The number of hydrogen-bond donors (Lipinski definition) is 1. The average Bonchev–Trinajstić information content (AvgIpc) is 3.10. The molecule has 0 amide bonds. The van der Waals surface area contributed by atoms with Gasteiger partial charge in [-0.05, 0) is 43.2 Å². The van der Waals surface area contributed by atoms with Gasteiger partial charge in [-0.25, -0.2) is 4.79 Å². The number of nitrogens with one attached hydrogen (secondary N) is 1. The molecular formula is C28H21NO3. The van der Waals surface area contributed by atoms with E-state index in [1.807, 2.05) is 72.8 Å². The van der Waals surface area contributed by atoms with Crippen LogP contribution in [0.5, 0.6) is 11.5 Å². The smallest absolute Gasteiger partial charge is 0.342 e. The summed E-state index contributed by atoms with van der Waals surface area (Å²) in [6, 6.07) is 27.6. The van der Waals surface area contributed by atoms with Crippen LogP contribution in [0, 0.1) is 13.8 Å². The summed E-state index contributed by atoms with van der Waals surface area (Å²) >= 11 is 0. The monoisotopic (exact) mass is 419 g/mol. The molecule has 0 saturated heterocycles. The molecule has 1 N–H and O–H groups in total. The van der Waals surface area contributed by atoms with Crippen molar-refractivity contribution < 1.29 is 14.3 Å². The van der Waals surface area contributed by atoms with Gasteiger partial charge in [0.05, 0.1) is 11.3 Å². The first-order chi connectivity index (χ1) is 15.6. The number of para-hydroxylation sites is 3. The van der Waals surface area contributed by atoms with Gasteiger partial charge in [0, 0.05) is 22.4 Å². The number of aryl methyl sites for hydroxylation is 2. The van der Waals surface area contributed by atoms with Crippen molar-refractivity contribution in [2.45, 2.75) is 19.4 Å². The summed E-state index contributed by atoms with van der Waals surface area (Å²) in [6.45, 7) is 4.12. The minimum Gasteiger partial charge on any atom is -0.456 e. The number of rotatable bonds is 2. The topological polar surface area (TPSA) is 47.6 Å². The molecule has 0 radical (unpaired) electrons. The van der Waals surface area contributed by atoms with Crippen molar-refractivity contribution in [2.75, 3.05) is 5.32 Å². The summed E-state index contributed by atoms with van der Waals surface area (Å²) in [5.74, 6) is 1.04. The van der Waals surface area contributed by atoms with Crippen molar-refractivity contribution in [3.63, 3.8) is 0 Å². The molecule has 1 spiro atoms. The summed E-state index contributed by atoms with van der Waals surface area (Å²) in [7, 11) is 0. The third kappa shape index (κ3) is 2.47. The lowest BCUT2D eigenvalue weighted by Gasteiger charge is -2.36. The molecule has 156 valence electrons. The number of esters is 1. The molecule has 6 rings (SSSR count). The van der Waals surface area contributed by atoms with E-state index in [4.69, 9.17) is 9.47 Å². The summed E-state index contributed by atoms with van der Waals surface area (Å²) in [5.41, 5.74) is 5.96. The van der Waals surface area contributed by atoms with Gasteiger partial charge in [0.2, 0.25) is 0 Å². The van der Waals surface area contributed by atoms with Crippen LogP contribution >= 0.6 is 0 Å². The summed E-state index contributed by atoms with van der Waals surface area (Å²) in [4.78, 5) is 13.4. The van der Waals surface area contributed by atoms with Crippen LogP contribution < -0.4 is 10.1 Å². The van der Waals surface area contributed by atoms with Crippen molar-refractivity contribution >= 4 is 17.3 Å². The maximum atomic E-state index is 13.4. The maximum absolute atomic E-state index is 13.4. The number of fused-ring (bicyclic) bond motifs is 6. The van der Waals surface area contributed by atoms with Crippen LogP contribution in [0.25, 0.3) is 0 Å². The Morgan fingerprint density at radius 3 is 1.91 bits per heavy atom. The molecule has 4 aromatic carbocycles. The summed E-state index contributed by atoms with van der Waals surface area (Å²) in [6.07, 6.45) is 0. The molecule has 4 heteroatoms. The number of anilines is 2.